The van der Waals surface area contributed by atoms with Crippen LogP contribution in [0.3, 0.4) is 0 Å². The number of aromatic amines is 1. The Balaban J connectivity index is 2.93. The number of hydrogen-bond acceptors (Lipinski definition) is 1. The molecule has 0 bridgehead atoms. The molecule has 0 aliphatic heterocycles. The number of nitrogens with one attached hydrogen (secondary N) is 1. The molecule has 0 saturated heterocycles. The molecule has 0 radical (unpaired) electrons. The number of rotatable bonds is 0. The second-order valence-electron chi connectivity index (χ2n) is 2.34. The van der Waals surface area contributed by atoms with Crippen molar-refractivity contribution in [2.75, 3.05) is 0 Å². The molecule has 0 fully saturated rings. The van der Waals surface area contributed by atoms with Gasteiger partial charge in [-0.15, -0.1) is 0 Å². The largest absolute Gasteiger partial charge is 0.505 e. The standard InChI is InChI=1S/C8H6FNO/c9-7-6(11)2-1-5-3-4-10-8(5)7/h1-4,10-11H. The molecule has 1 heterocycles. The Morgan fingerprint density at radius 1 is 1.27 bits per heavy atom. The second kappa shape index (κ2) is 1.99. The van der Waals surface area contributed by atoms with E-state index in [1.54, 1.807) is 18.3 Å². The fourth-order valence-electron chi connectivity index (χ4n) is 1.08. The number of H-pyrrole nitrogens is 1. The van der Waals surface area contributed by atoms with Gasteiger partial charge < -0.3 is 10.1 Å². The molecule has 11 heavy (non-hydrogen) atoms. The summed E-state index contributed by atoms with van der Waals surface area (Å²) in [6, 6.07) is 4.74. The van der Waals surface area contributed by atoms with E-state index >= 15 is 0 Å². The summed E-state index contributed by atoms with van der Waals surface area (Å²) in [6.07, 6.45) is 1.63. The van der Waals surface area contributed by atoms with Crippen LogP contribution in [0.15, 0.2) is 24.4 Å². The van der Waals surface area contributed by atoms with Gasteiger partial charge >= 0.3 is 0 Å². The minimum absolute atomic E-state index is 0.319. The number of hydrogen-bond donors (Lipinski definition) is 2. The lowest BCUT2D eigenvalue weighted by molar-refractivity contribution is 0.435. The van der Waals surface area contributed by atoms with Crippen molar-refractivity contribution >= 4 is 10.9 Å². The molecule has 2 N–H and O–H groups in total. The number of fused-ring (bicyclic) bond motifs is 1. The lowest BCUT2D eigenvalue weighted by atomic mass is 10.2. The van der Waals surface area contributed by atoms with Gasteiger partial charge in [-0.3, -0.25) is 0 Å². The van der Waals surface area contributed by atoms with E-state index in [1.807, 2.05) is 0 Å². The van der Waals surface area contributed by atoms with Crippen LogP contribution in [0.2, 0.25) is 0 Å². The van der Waals surface area contributed by atoms with E-state index in [1.165, 1.54) is 6.07 Å². The summed E-state index contributed by atoms with van der Waals surface area (Å²) in [5.41, 5.74) is 0.352. The highest BCUT2D eigenvalue weighted by atomic mass is 19.1. The van der Waals surface area contributed by atoms with Crippen LogP contribution < -0.4 is 0 Å². The smallest absolute Gasteiger partial charge is 0.188 e. The molecule has 2 aromatic rings. The van der Waals surface area contributed by atoms with Crippen molar-refractivity contribution < 1.29 is 9.50 Å². The van der Waals surface area contributed by atoms with Crippen LogP contribution in [-0.4, -0.2) is 10.1 Å². The van der Waals surface area contributed by atoms with Crippen molar-refractivity contribution in [1.29, 1.82) is 0 Å². The lowest BCUT2D eigenvalue weighted by Crippen LogP contribution is -1.77. The van der Waals surface area contributed by atoms with Crippen molar-refractivity contribution in [1.82, 2.24) is 4.98 Å². The summed E-state index contributed by atoms with van der Waals surface area (Å²) in [5.74, 6) is -0.910. The van der Waals surface area contributed by atoms with Crippen LogP contribution in [-0.2, 0) is 0 Å². The van der Waals surface area contributed by atoms with Crippen molar-refractivity contribution in [2.24, 2.45) is 0 Å². The lowest BCUT2D eigenvalue weighted by Gasteiger charge is -1.94. The van der Waals surface area contributed by atoms with Crippen molar-refractivity contribution in [3.05, 3.63) is 30.2 Å². The average molecular weight is 151 g/mol. The zero-order valence-electron chi connectivity index (χ0n) is 5.63. The maximum absolute atomic E-state index is 13.0. The fourth-order valence-corrected chi connectivity index (χ4v) is 1.08. The van der Waals surface area contributed by atoms with Crippen molar-refractivity contribution in [3.63, 3.8) is 0 Å². The number of phenols is 1. The third kappa shape index (κ3) is 0.774. The summed E-state index contributed by atoms with van der Waals surface area (Å²) >= 11 is 0. The van der Waals surface area contributed by atoms with Gasteiger partial charge in [-0.1, -0.05) is 0 Å². The number of aromatic nitrogens is 1. The van der Waals surface area contributed by atoms with E-state index in [4.69, 9.17) is 5.11 Å². The molecule has 0 aliphatic rings. The Morgan fingerprint density at radius 2 is 2.09 bits per heavy atom. The summed E-state index contributed by atoms with van der Waals surface area (Å²) in [7, 11) is 0. The molecule has 0 aliphatic carbocycles. The number of phenolic OH excluding ortho intramolecular Hbond substituents is 1. The maximum Gasteiger partial charge on any atom is 0.188 e. The van der Waals surface area contributed by atoms with Crippen molar-refractivity contribution in [2.45, 2.75) is 0 Å². The van der Waals surface area contributed by atoms with Gasteiger partial charge in [0.1, 0.15) is 0 Å². The molecule has 0 amide bonds. The zero-order valence-corrected chi connectivity index (χ0v) is 5.63. The number of halogens is 1. The third-order valence-electron chi connectivity index (χ3n) is 1.64. The normalized spacial score (nSPS) is 10.6. The molecule has 2 rings (SSSR count). The van der Waals surface area contributed by atoms with Gasteiger partial charge in [-0.2, -0.15) is 0 Å². The Kier molecular flexibility index (Phi) is 1.12. The quantitative estimate of drug-likeness (QED) is 0.593. The molecule has 0 spiro atoms. The number of benzene rings is 1. The fraction of sp³-hybridized carbons (Fsp3) is 0. The first-order valence-corrected chi connectivity index (χ1v) is 3.23. The Bertz CT molecular complexity index is 394. The highest BCUT2D eigenvalue weighted by Crippen LogP contribution is 2.23. The molecule has 1 aromatic carbocycles. The first-order valence-electron chi connectivity index (χ1n) is 3.23. The van der Waals surface area contributed by atoms with Crippen LogP contribution >= 0.6 is 0 Å². The third-order valence-corrected chi connectivity index (χ3v) is 1.64. The van der Waals surface area contributed by atoms with Gasteiger partial charge in [0.2, 0.25) is 0 Å². The second-order valence-corrected chi connectivity index (χ2v) is 2.34. The molecule has 0 unspecified atom stereocenters. The zero-order chi connectivity index (χ0) is 7.84. The van der Waals surface area contributed by atoms with Crippen molar-refractivity contribution in [3.8, 4) is 5.75 Å². The molecular weight excluding hydrogens is 145 g/mol. The van der Waals surface area contributed by atoms with Gasteiger partial charge in [0.25, 0.3) is 0 Å². The molecular formula is C8H6FNO. The average Bonchev–Trinajstić information content (AvgIpc) is 2.45. The maximum atomic E-state index is 13.0. The summed E-state index contributed by atoms with van der Waals surface area (Å²) < 4.78 is 13.0. The van der Waals surface area contributed by atoms with Crippen LogP contribution in [0.25, 0.3) is 10.9 Å². The highest BCUT2D eigenvalue weighted by Gasteiger charge is 2.05. The van der Waals surface area contributed by atoms with E-state index in [0.29, 0.717) is 5.52 Å². The van der Waals surface area contributed by atoms with Gasteiger partial charge in [-0.05, 0) is 18.2 Å². The molecule has 56 valence electrons. The topological polar surface area (TPSA) is 36.0 Å². The van der Waals surface area contributed by atoms with Crippen LogP contribution in [0, 0.1) is 5.82 Å². The summed E-state index contributed by atoms with van der Waals surface area (Å²) in [4.78, 5) is 2.69. The van der Waals surface area contributed by atoms with Crippen LogP contribution in [0.5, 0.6) is 5.75 Å². The molecule has 0 atom stereocenters. The van der Waals surface area contributed by atoms with Crippen LogP contribution in [0.1, 0.15) is 0 Å². The highest BCUT2D eigenvalue weighted by molar-refractivity contribution is 5.81. The Morgan fingerprint density at radius 3 is 2.91 bits per heavy atom. The SMILES string of the molecule is Oc1ccc2cc[nH]c2c1F. The van der Waals surface area contributed by atoms with Gasteiger partial charge in [0.05, 0.1) is 5.52 Å². The molecule has 3 heteroatoms. The van der Waals surface area contributed by atoms with Gasteiger partial charge in [0, 0.05) is 11.6 Å². The minimum atomic E-state index is -0.590. The van der Waals surface area contributed by atoms with E-state index < -0.39 is 5.82 Å². The summed E-state index contributed by atoms with van der Waals surface area (Å²) in [5, 5.41) is 9.70. The minimum Gasteiger partial charge on any atom is -0.505 e. The monoisotopic (exact) mass is 151 g/mol. The van der Waals surface area contributed by atoms with E-state index in [-0.39, 0.29) is 5.75 Å². The Hall–Kier alpha value is -1.51. The molecule has 0 saturated carbocycles. The van der Waals surface area contributed by atoms with Gasteiger partial charge in [0.15, 0.2) is 11.6 Å². The first-order chi connectivity index (χ1) is 5.29. The van der Waals surface area contributed by atoms with Gasteiger partial charge in [-0.25, -0.2) is 4.39 Å². The van der Waals surface area contributed by atoms with E-state index in [0.717, 1.165) is 5.39 Å². The van der Waals surface area contributed by atoms with E-state index in [2.05, 4.69) is 4.98 Å². The van der Waals surface area contributed by atoms with Crippen LogP contribution in [0.4, 0.5) is 4.39 Å². The first kappa shape index (κ1) is 6.22. The van der Waals surface area contributed by atoms with E-state index in [9.17, 15) is 4.39 Å². The Labute approximate surface area is 62.3 Å². The summed E-state index contributed by atoms with van der Waals surface area (Å²) in [6.45, 7) is 0. The predicted molar refractivity (Wildman–Crippen MR) is 39.9 cm³/mol. The molecule has 2 nitrogen and oxygen atoms in total. The molecule has 1 aromatic heterocycles. The number of aromatic hydroxyl groups is 1. The predicted octanol–water partition coefficient (Wildman–Crippen LogP) is 2.01.